The van der Waals surface area contributed by atoms with Crippen LogP contribution in [0.3, 0.4) is 0 Å². The molecular formula is C19H17N3O3. The summed E-state index contributed by atoms with van der Waals surface area (Å²) in [6, 6.07) is 17.0. The summed E-state index contributed by atoms with van der Waals surface area (Å²) >= 11 is 0. The van der Waals surface area contributed by atoms with Crippen molar-refractivity contribution in [1.29, 1.82) is 0 Å². The zero-order chi connectivity index (χ0) is 17.6. The summed E-state index contributed by atoms with van der Waals surface area (Å²) in [6.07, 6.45) is 1.32. The van der Waals surface area contributed by atoms with Gasteiger partial charge in [-0.2, -0.15) is 0 Å². The molecule has 0 amide bonds. The fraction of sp³-hybridized carbons (Fsp3) is 0.105. The Hall–Kier alpha value is -3.41. The largest absolute Gasteiger partial charge is 0.497 e. The molecule has 1 aromatic heterocycles. The average Bonchev–Trinajstić information content (AvgIpc) is 2.67. The Kier molecular flexibility index (Phi) is 4.89. The molecule has 25 heavy (non-hydrogen) atoms. The molecule has 3 rings (SSSR count). The summed E-state index contributed by atoms with van der Waals surface area (Å²) in [5.41, 5.74) is 1.84. The molecule has 0 radical (unpaired) electrons. The lowest BCUT2D eigenvalue weighted by atomic mass is 10.2. The molecule has 0 aliphatic carbocycles. The summed E-state index contributed by atoms with van der Waals surface area (Å²) in [7, 11) is 1.60. The molecular weight excluding hydrogens is 318 g/mol. The molecule has 0 unspecified atom stereocenters. The zero-order valence-electron chi connectivity index (χ0n) is 13.6. The zero-order valence-corrected chi connectivity index (χ0v) is 13.6. The first-order valence-electron chi connectivity index (χ1n) is 7.70. The number of nitrogens with zero attached hydrogens (tertiary/aromatic N) is 2. The van der Waals surface area contributed by atoms with E-state index in [0.717, 1.165) is 16.9 Å². The van der Waals surface area contributed by atoms with Gasteiger partial charge in [-0.1, -0.05) is 30.3 Å². The van der Waals surface area contributed by atoms with Crippen molar-refractivity contribution >= 4 is 11.8 Å². The third-order valence-corrected chi connectivity index (χ3v) is 3.67. The van der Waals surface area contributed by atoms with Gasteiger partial charge in [-0.25, -0.2) is 14.8 Å². The number of ether oxygens (including phenoxy) is 1. The number of carbonyl (C=O) groups is 1. The fourth-order valence-electron chi connectivity index (χ4n) is 2.33. The van der Waals surface area contributed by atoms with Crippen molar-refractivity contribution in [3.63, 3.8) is 0 Å². The number of carboxylic acid groups (broad SMARTS) is 1. The highest BCUT2D eigenvalue weighted by Crippen LogP contribution is 2.22. The van der Waals surface area contributed by atoms with Crippen LogP contribution >= 0.6 is 0 Å². The van der Waals surface area contributed by atoms with E-state index in [2.05, 4.69) is 15.3 Å². The van der Waals surface area contributed by atoms with Crippen LogP contribution in [0.4, 0.5) is 5.82 Å². The van der Waals surface area contributed by atoms with E-state index in [-0.39, 0.29) is 11.4 Å². The second-order valence-electron chi connectivity index (χ2n) is 5.33. The molecule has 0 spiro atoms. The summed E-state index contributed by atoms with van der Waals surface area (Å²) in [5, 5.41) is 12.4. The molecule has 6 heteroatoms. The Morgan fingerprint density at radius 3 is 2.48 bits per heavy atom. The van der Waals surface area contributed by atoms with Crippen molar-refractivity contribution in [2.24, 2.45) is 0 Å². The standard InChI is InChI=1S/C19H17N3O3/c1-25-15-9-7-14(8-10-15)17-21-12-16(19(23)24)18(22-17)20-11-13-5-3-2-4-6-13/h2-10,12H,11H2,1H3,(H,23,24)(H,20,21,22). The second kappa shape index (κ2) is 7.44. The molecule has 0 saturated carbocycles. The molecule has 6 nitrogen and oxygen atoms in total. The van der Waals surface area contributed by atoms with Crippen molar-refractivity contribution in [1.82, 2.24) is 9.97 Å². The molecule has 0 saturated heterocycles. The Labute approximate surface area is 145 Å². The van der Waals surface area contributed by atoms with Crippen LogP contribution in [0.1, 0.15) is 15.9 Å². The Balaban J connectivity index is 1.89. The van der Waals surface area contributed by atoms with Crippen molar-refractivity contribution in [2.75, 3.05) is 12.4 Å². The molecule has 2 aromatic carbocycles. The summed E-state index contributed by atoms with van der Waals surface area (Å²) in [6.45, 7) is 0.472. The molecule has 0 atom stereocenters. The van der Waals surface area contributed by atoms with Crippen LogP contribution < -0.4 is 10.1 Å². The van der Waals surface area contributed by atoms with Gasteiger partial charge in [0.2, 0.25) is 0 Å². The topological polar surface area (TPSA) is 84.3 Å². The van der Waals surface area contributed by atoms with Crippen molar-refractivity contribution < 1.29 is 14.6 Å². The van der Waals surface area contributed by atoms with Crippen LogP contribution in [0.15, 0.2) is 60.8 Å². The maximum absolute atomic E-state index is 11.4. The number of hydrogen-bond acceptors (Lipinski definition) is 5. The molecule has 126 valence electrons. The van der Waals surface area contributed by atoms with Gasteiger partial charge in [-0.15, -0.1) is 0 Å². The van der Waals surface area contributed by atoms with E-state index in [0.29, 0.717) is 12.4 Å². The maximum atomic E-state index is 11.4. The molecule has 1 heterocycles. The monoisotopic (exact) mass is 335 g/mol. The van der Waals surface area contributed by atoms with Crippen molar-refractivity contribution in [2.45, 2.75) is 6.54 Å². The third kappa shape index (κ3) is 3.92. The first-order valence-corrected chi connectivity index (χ1v) is 7.70. The Morgan fingerprint density at radius 1 is 1.12 bits per heavy atom. The van der Waals surface area contributed by atoms with E-state index in [1.165, 1.54) is 6.20 Å². The first kappa shape index (κ1) is 16.4. The lowest BCUT2D eigenvalue weighted by Crippen LogP contribution is -2.10. The van der Waals surface area contributed by atoms with Gasteiger partial charge >= 0.3 is 5.97 Å². The first-order chi connectivity index (χ1) is 12.2. The molecule has 3 aromatic rings. The van der Waals surface area contributed by atoms with Gasteiger partial charge in [-0.05, 0) is 29.8 Å². The van der Waals surface area contributed by atoms with E-state index >= 15 is 0 Å². The number of methoxy groups -OCH3 is 1. The number of rotatable bonds is 6. The quantitative estimate of drug-likeness (QED) is 0.717. The highest BCUT2D eigenvalue weighted by molar-refractivity contribution is 5.93. The van der Waals surface area contributed by atoms with Gasteiger partial charge in [0.1, 0.15) is 17.1 Å². The van der Waals surface area contributed by atoms with Gasteiger partial charge < -0.3 is 15.2 Å². The van der Waals surface area contributed by atoms with E-state index in [1.54, 1.807) is 19.2 Å². The average molecular weight is 335 g/mol. The number of hydrogen-bond donors (Lipinski definition) is 2. The number of benzene rings is 2. The number of aromatic nitrogens is 2. The number of carboxylic acids is 1. The van der Waals surface area contributed by atoms with Crippen LogP contribution in [-0.4, -0.2) is 28.2 Å². The van der Waals surface area contributed by atoms with Crippen LogP contribution in [0.2, 0.25) is 0 Å². The highest BCUT2D eigenvalue weighted by atomic mass is 16.5. The minimum atomic E-state index is -1.07. The Morgan fingerprint density at radius 2 is 1.84 bits per heavy atom. The van der Waals surface area contributed by atoms with Gasteiger partial charge in [0.25, 0.3) is 0 Å². The van der Waals surface area contributed by atoms with Gasteiger partial charge in [-0.3, -0.25) is 0 Å². The van der Waals surface area contributed by atoms with E-state index in [9.17, 15) is 9.90 Å². The highest BCUT2D eigenvalue weighted by Gasteiger charge is 2.14. The SMILES string of the molecule is COc1ccc(-c2ncc(C(=O)O)c(NCc3ccccc3)n2)cc1. The van der Waals surface area contributed by atoms with Gasteiger partial charge in [0, 0.05) is 18.3 Å². The van der Waals surface area contributed by atoms with Crippen LogP contribution in [0.5, 0.6) is 5.75 Å². The van der Waals surface area contributed by atoms with E-state index in [4.69, 9.17) is 4.74 Å². The third-order valence-electron chi connectivity index (χ3n) is 3.67. The van der Waals surface area contributed by atoms with Crippen molar-refractivity contribution in [3.8, 4) is 17.1 Å². The van der Waals surface area contributed by atoms with Crippen LogP contribution in [0, 0.1) is 0 Å². The number of anilines is 1. The Bertz CT molecular complexity index is 865. The molecule has 2 N–H and O–H groups in total. The molecule has 0 fully saturated rings. The number of nitrogens with one attached hydrogen (secondary N) is 1. The smallest absolute Gasteiger partial charge is 0.341 e. The summed E-state index contributed by atoms with van der Waals surface area (Å²) in [5.74, 6) is 0.394. The molecule has 0 aliphatic rings. The molecule has 0 bridgehead atoms. The van der Waals surface area contributed by atoms with Crippen molar-refractivity contribution in [3.05, 3.63) is 71.9 Å². The van der Waals surface area contributed by atoms with Crippen LogP contribution in [0.25, 0.3) is 11.4 Å². The fourth-order valence-corrected chi connectivity index (χ4v) is 2.33. The van der Waals surface area contributed by atoms with Crippen LogP contribution in [-0.2, 0) is 6.54 Å². The normalized spacial score (nSPS) is 10.3. The maximum Gasteiger partial charge on any atom is 0.341 e. The van der Waals surface area contributed by atoms with E-state index < -0.39 is 5.97 Å². The lowest BCUT2D eigenvalue weighted by Gasteiger charge is -2.10. The summed E-state index contributed by atoms with van der Waals surface area (Å²) in [4.78, 5) is 20.0. The lowest BCUT2D eigenvalue weighted by molar-refractivity contribution is 0.0697. The minimum absolute atomic E-state index is 0.0354. The number of aromatic carboxylic acids is 1. The van der Waals surface area contributed by atoms with E-state index in [1.807, 2.05) is 42.5 Å². The predicted molar refractivity (Wildman–Crippen MR) is 94.7 cm³/mol. The van der Waals surface area contributed by atoms with Gasteiger partial charge in [0.05, 0.1) is 7.11 Å². The minimum Gasteiger partial charge on any atom is -0.497 e. The summed E-state index contributed by atoms with van der Waals surface area (Å²) < 4.78 is 5.14. The molecule has 0 aliphatic heterocycles. The van der Waals surface area contributed by atoms with Gasteiger partial charge in [0.15, 0.2) is 5.82 Å². The second-order valence-corrected chi connectivity index (χ2v) is 5.33. The predicted octanol–water partition coefficient (Wildman–Crippen LogP) is 3.46.